The Kier molecular flexibility index (Phi) is 5.50. The number of aromatic nitrogens is 2. The Labute approximate surface area is 139 Å². The highest BCUT2D eigenvalue weighted by Gasteiger charge is 2.18. The highest BCUT2D eigenvalue weighted by molar-refractivity contribution is 9.10. The fraction of sp³-hybridized carbons (Fsp3) is 0.375. The van der Waals surface area contributed by atoms with Gasteiger partial charge in [-0.15, -0.1) is 0 Å². The van der Waals surface area contributed by atoms with Gasteiger partial charge in [0, 0.05) is 35.5 Å². The van der Waals surface area contributed by atoms with Crippen molar-refractivity contribution in [3.05, 3.63) is 40.5 Å². The van der Waals surface area contributed by atoms with Gasteiger partial charge in [0.1, 0.15) is 5.82 Å². The van der Waals surface area contributed by atoms with E-state index in [-0.39, 0.29) is 0 Å². The minimum atomic E-state index is -0.453. The molecule has 6 heteroatoms. The topological polar surface area (TPSA) is 73.1 Å². The van der Waals surface area contributed by atoms with Gasteiger partial charge in [-0.3, -0.25) is 0 Å². The second-order valence-electron chi connectivity index (χ2n) is 5.67. The fourth-order valence-corrected chi connectivity index (χ4v) is 2.32. The number of rotatable bonds is 6. The molecule has 3 N–H and O–H groups in total. The van der Waals surface area contributed by atoms with Crippen molar-refractivity contribution in [3.63, 3.8) is 0 Å². The zero-order valence-corrected chi connectivity index (χ0v) is 14.6. The molecule has 22 heavy (non-hydrogen) atoms. The average molecular weight is 365 g/mol. The first kappa shape index (κ1) is 16.9. The molecule has 2 rings (SSSR count). The summed E-state index contributed by atoms with van der Waals surface area (Å²) >= 11 is 3.43. The van der Waals surface area contributed by atoms with E-state index in [1.165, 1.54) is 0 Å². The van der Waals surface area contributed by atoms with Crippen molar-refractivity contribution in [1.82, 2.24) is 9.97 Å². The number of methoxy groups -OCH3 is 1. The van der Waals surface area contributed by atoms with Gasteiger partial charge in [-0.25, -0.2) is 9.97 Å². The molecule has 0 aliphatic heterocycles. The number of hydrogen-bond donors (Lipinski definition) is 2. The molecule has 0 spiro atoms. The Hall–Kier alpha value is -1.50. The third-order valence-corrected chi connectivity index (χ3v) is 3.63. The summed E-state index contributed by atoms with van der Waals surface area (Å²) in [6.45, 7) is 4.93. The molecule has 0 aliphatic carbocycles. The smallest absolute Gasteiger partial charge is 0.161 e. The van der Waals surface area contributed by atoms with Crippen LogP contribution in [0.1, 0.15) is 12.6 Å². The molecule has 2 aromatic rings. The minimum absolute atomic E-state index is 0.453. The highest BCUT2D eigenvalue weighted by atomic mass is 79.9. The maximum Gasteiger partial charge on any atom is 0.161 e. The van der Waals surface area contributed by atoms with Gasteiger partial charge >= 0.3 is 0 Å². The summed E-state index contributed by atoms with van der Waals surface area (Å²) in [5.74, 6) is 1.46. The van der Waals surface area contributed by atoms with Crippen LogP contribution in [0.2, 0.25) is 0 Å². The van der Waals surface area contributed by atoms with Crippen LogP contribution in [0.5, 0.6) is 0 Å². The van der Waals surface area contributed by atoms with Crippen LogP contribution < -0.4 is 11.1 Å². The Morgan fingerprint density at radius 2 is 1.95 bits per heavy atom. The molecule has 5 nitrogen and oxygen atoms in total. The van der Waals surface area contributed by atoms with E-state index in [1.54, 1.807) is 7.11 Å². The maximum atomic E-state index is 6.14. The number of nitrogens with one attached hydrogen (secondary N) is 1. The van der Waals surface area contributed by atoms with Crippen LogP contribution >= 0.6 is 15.9 Å². The molecule has 0 bridgehead atoms. The molecule has 1 atom stereocenters. The lowest BCUT2D eigenvalue weighted by Crippen LogP contribution is -2.47. The molecule has 0 radical (unpaired) electrons. The van der Waals surface area contributed by atoms with Gasteiger partial charge in [0.05, 0.1) is 12.1 Å². The van der Waals surface area contributed by atoms with Gasteiger partial charge in [-0.05, 0) is 26.0 Å². The predicted molar refractivity (Wildman–Crippen MR) is 92.9 cm³/mol. The minimum Gasteiger partial charge on any atom is -0.383 e. The van der Waals surface area contributed by atoms with Crippen molar-refractivity contribution in [3.8, 4) is 11.4 Å². The monoisotopic (exact) mass is 364 g/mol. The fourth-order valence-electron chi connectivity index (χ4n) is 2.06. The van der Waals surface area contributed by atoms with Gasteiger partial charge < -0.3 is 15.8 Å². The number of hydrogen-bond acceptors (Lipinski definition) is 5. The van der Waals surface area contributed by atoms with Crippen molar-refractivity contribution >= 4 is 21.7 Å². The van der Waals surface area contributed by atoms with Crippen LogP contribution in [0.15, 0.2) is 34.8 Å². The molecule has 0 amide bonds. The molecule has 1 aromatic heterocycles. The summed E-state index contributed by atoms with van der Waals surface area (Å²) in [5, 5.41) is 3.27. The number of benzene rings is 1. The summed E-state index contributed by atoms with van der Waals surface area (Å²) < 4.78 is 6.15. The molecule has 118 valence electrons. The predicted octanol–water partition coefficient (Wildman–Crippen LogP) is 2.99. The van der Waals surface area contributed by atoms with Crippen LogP contribution in [0.3, 0.4) is 0 Å². The summed E-state index contributed by atoms with van der Waals surface area (Å²) in [7, 11) is 1.64. The standard InChI is InChI=1S/C16H21BrN4O/c1-11-8-14(19-9-16(2,18)10-22-3)21-15(20-11)12-4-6-13(17)7-5-12/h4-8H,9-10,18H2,1-3H3,(H,19,20,21). The number of anilines is 1. The second kappa shape index (κ2) is 7.17. The van der Waals surface area contributed by atoms with Gasteiger partial charge in [0.25, 0.3) is 0 Å². The van der Waals surface area contributed by atoms with E-state index < -0.39 is 5.54 Å². The maximum absolute atomic E-state index is 6.14. The van der Waals surface area contributed by atoms with Crippen molar-refractivity contribution in [2.24, 2.45) is 5.73 Å². The number of ether oxygens (including phenoxy) is 1. The lowest BCUT2D eigenvalue weighted by molar-refractivity contribution is 0.146. The van der Waals surface area contributed by atoms with Crippen molar-refractivity contribution in [2.75, 3.05) is 25.6 Å². The quantitative estimate of drug-likeness (QED) is 0.823. The Bertz CT molecular complexity index is 629. The molecule has 0 saturated heterocycles. The lowest BCUT2D eigenvalue weighted by atomic mass is 10.1. The third kappa shape index (κ3) is 4.76. The van der Waals surface area contributed by atoms with Crippen LogP contribution in [0.4, 0.5) is 5.82 Å². The largest absolute Gasteiger partial charge is 0.383 e. The van der Waals surface area contributed by atoms with Gasteiger partial charge in [-0.1, -0.05) is 28.1 Å². The summed E-state index contributed by atoms with van der Waals surface area (Å²) in [4.78, 5) is 9.05. The average Bonchev–Trinajstić information content (AvgIpc) is 2.45. The molecule has 1 heterocycles. The first-order valence-electron chi connectivity index (χ1n) is 7.03. The Morgan fingerprint density at radius 1 is 1.27 bits per heavy atom. The lowest BCUT2D eigenvalue weighted by Gasteiger charge is -2.24. The number of halogens is 1. The zero-order chi connectivity index (χ0) is 16.2. The zero-order valence-electron chi connectivity index (χ0n) is 13.1. The van der Waals surface area contributed by atoms with Crippen molar-refractivity contribution < 1.29 is 4.74 Å². The van der Waals surface area contributed by atoms with E-state index in [9.17, 15) is 0 Å². The molecule has 1 unspecified atom stereocenters. The van der Waals surface area contributed by atoms with E-state index in [1.807, 2.05) is 44.2 Å². The van der Waals surface area contributed by atoms with Gasteiger partial charge in [-0.2, -0.15) is 0 Å². The van der Waals surface area contributed by atoms with Crippen LogP contribution in [-0.4, -0.2) is 35.8 Å². The molecular weight excluding hydrogens is 344 g/mol. The third-order valence-electron chi connectivity index (χ3n) is 3.10. The normalized spacial score (nSPS) is 13.7. The molecular formula is C16H21BrN4O. The van der Waals surface area contributed by atoms with Crippen LogP contribution in [0, 0.1) is 6.92 Å². The van der Waals surface area contributed by atoms with Crippen LogP contribution in [-0.2, 0) is 4.74 Å². The molecule has 0 saturated carbocycles. The Morgan fingerprint density at radius 3 is 2.59 bits per heavy atom. The number of nitrogens with zero attached hydrogens (tertiary/aromatic N) is 2. The summed E-state index contributed by atoms with van der Waals surface area (Å²) in [6, 6.07) is 9.83. The Balaban J connectivity index is 2.18. The van der Waals surface area contributed by atoms with E-state index in [0.717, 1.165) is 21.5 Å². The van der Waals surface area contributed by atoms with E-state index in [2.05, 4.69) is 31.2 Å². The van der Waals surface area contributed by atoms with E-state index >= 15 is 0 Å². The molecule has 0 aliphatic rings. The SMILES string of the molecule is COCC(C)(N)CNc1cc(C)nc(-c2ccc(Br)cc2)n1. The number of aryl methyl sites for hydroxylation is 1. The molecule has 1 aromatic carbocycles. The van der Waals surface area contributed by atoms with Crippen LogP contribution in [0.25, 0.3) is 11.4 Å². The first-order chi connectivity index (χ1) is 10.4. The summed E-state index contributed by atoms with van der Waals surface area (Å²) in [6.07, 6.45) is 0. The van der Waals surface area contributed by atoms with E-state index in [4.69, 9.17) is 10.5 Å². The van der Waals surface area contributed by atoms with Crippen molar-refractivity contribution in [1.29, 1.82) is 0 Å². The second-order valence-corrected chi connectivity index (χ2v) is 6.58. The van der Waals surface area contributed by atoms with Gasteiger partial charge in [0.2, 0.25) is 0 Å². The molecule has 0 fully saturated rings. The van der Waals surface area contributed by atoms with E-state index in [0.29, 0.717) is 19.0 Å². The highest BCUT2D eigenvalue weighted by Crippen LogP contribution is 2.20. The van der Waals surface area contributed by atoms with Crippen molar-refractivity contribution in [2.45, 2.75) is 19.4 Å². The first-order valence-corrected chi connectivity index (χ1v) is 7.82. The summed E-state index contributed by atoms with van der Waals surface area (Å²) in [5.41, 5.74) is 7.57. The number of nitrogens with two attached hydrogens (primary N) is 1. The van der Waals surface area contributed by atoms with Gasteiger partial charge in [0.15, 0.2) is 5.82 Å².